The second-order valence-corrected chi connectivity index (χ2v) is 12.3. The molecule has 0 amide bonds. The zero-order chi connectivity index (χ0) is 31.6. The van der Waals surface area contributed by atoms with Gasteiger partial charge < -0.3 is 20.1 Å². The lowest BCUT2D eigenvalue weighted by Crippen LogP contribution is -2.74. The van der Waals surface area contributed by atoms with E-state index in [2.05, 4.69) is 19.1 Å². The monoisotopic (exact) mass is 595 g/mol. The highest BCUT2D eigenvalue weighted by atomic mass is 16.4. The summed E-state index contributed by atoms with van der Waals surface area (Å²) in [6.07, 6.45) is 25.7. The Morgan fingerprint density at radius 2 is 0.905 bits per heavy atom. The molecule has 246 valence electrons. The average molecular weight is 596 g/mol. The Kier molecular flexibility index (Phi) is 24.4. The smallest absolute Gasteiger partial charge is 0.362 e. The molecule has 0 aliphatic rings. The molecule has 0 fully saturated rings. The van der Waals surface area contributed by atoms with Crippen LogP contribution in [0.2, 0.25) is 0 Å². The number of quaternary nitrogens is 1. The Bertz CT molecular complexity index is 677. The fourth-order valence-electron chi connectivity index (χ4n) is 6.62. The number of carboxylic acid groups (broad SMARTS) is 3. The van der Waals surface area contributed by atoms with Gasteiger partial charge in [0.05, 0.1) is 12.5 Å². The number of carbonyl (C=O) groups is 3. The van der Waals surface area contributed by atoms with E-state index in [9.17, 15) is 29.7 Å². The van der Waals surface area contributed by atoms with E-state index in [1.54, 1.807) is 0 Å². The molecule has 0 aromatic heterocycles. The van der Waals surface area contributed by atoms with E-state index in [0.717, 1.165) is 32.1 Å². The summed E-state index contributed by atoms with van der Waals surface area (Å²) in [7, 11) is 0. The highest BCUT2D eigenvalue weighted by Gasteiger charge is 2.54. The van der Waals surface area contributed by atoms with Crippen LogP contribution in [0.1, 0.15) is 169 Å². The van der Waals surface area contributed by atoms with E-state index in [1.807, 2.05) is 20.8 Å². The Labute approximate surface area is 257 Å². The van der Waals surface area contributed by atoms with Crippen molar-refractivity contribution < 1.29 is 34.2 Å². The molecule has 7 heteroatoms. The lowest BCUT2D eigenvalue weighted by molar-refractivity contribution is -0.975. The van der Waals surface area contributed by atoms with Crippen LogP contribution in [0.5, 0.6) is 0 Å². The second kappa shape index (κ2) is 25.6. The molecule has 0 aliphatic heterocycles. The van der Waals surface area contributed by atoms with Crippen LogP contribution in [-0.4, -0.2) is 57.3 Å². The quantitative estimate of drug-likeness (QED) is 0.0493. The topological polar surface area (TPSA) is 115 Å². The van der Waals surface area contributed by atoms with Gasteiger partial charge in [-0.15, -0.1) is 0 Å². The summed E-state index contributed by atoms with van der Waals surface area (Å²) in [4.78, 5) is 37.6. The maximum absolute atomic E-state index is 12.6. The highest BCUT2D eigenvalue weighted by molar-refractivity contribution is 5.77. The van der Waals surface area contributed by atoms with Gasteiger partial charge in [0.15, 0.2) is 12.1 Å². The number of unbranched alkanes of at least 4 members (excludes halogenated alkanes) is 14. The Hall–Kier alpha value is -1.89. The van der Waals surface area contributed by atoms with Crippen molar-refractivity contribution in [2.24, 2.45) is 0 Å². The Morgan fingerprint density at radius 1 is 0.548 bits per heavy atom. The number of rotatable bonds is 30. The number of hydrogen-bond acceptors (Lipinski definition) is 4. The second-order valence-electron chi connectivity index (χ2n) is 12.3. The molecular weight excluding hydrogens is 530 g/mol. The van der Waals surface area contributed by atoms with Crippen LogP contribution >= 0.6 is 0 Å². The maximum atomic E-state index is 12.6. The summed E-state index contributed by atoms with van der Waals surface area (Å²) >= 11 is 0. The third-order valence-electron chi connectivity index (χ3n) is 8.83. The van der Waals surface area contributed by atoms with E-state index in [1.165, 1.54) is 64.2 Å². The third-order valence-corrected chi connectivity index (χ3v) is 8.83. The molecule has 0 bridgehead atoms. The van der Waals surface area contributed by atoms with Crippen LogP contribution in [0, 0.1) is 0 Å². The summed E-state index contributed by atoms with van der Waals surface area (Å²) in [6, 6.07) is -3.35. The summed E-state index contributed by atoms with van der Waals surface area (Å²) in [6.45, 7) is 8.05. The van der Waals surface area contributed by atoms with Crippen LogP contribution in [0.25, 0.3) is 0 Å². The van der Waals surface area contributed by atoms with Gasteiger partial charge in [-0.3, -0.25) is 4.48 Å². The van der Waals surface area contributed by atoms with Gasteiger partial charge in [0.2, 0.25) is 0 Å². The molecule has 0 saturated carbocycles. The van der Waals surface area contributed by atoms with E-state index < -0.39 is 40.5 Å². The predicted molar refractivity (Wildman–Crippen MR) is 170 cm³/mol. The van der Waals surface area contributed by atoms with Crippen molar-refractivity contribution >= 4 is 17.9 Å². The summed E-state index contributed by atoms with van der Waals surface area (Å²) in [5.41, 5.74) is 0. The van der Waals surface area contributed by atoms with Crippen molar-refractivity contribution in [3.63, 3.8) is 0 Å². The SMILES string of the molecule is CCCCCCCCCCCC/C=C/CCCCCC[N+](C(CCC)C(=O)[O-])(C(CCC)C(=O)O)C(CCC)C(=O)O. The van der Waals surface area contributed by atoms with Crippen LogP contribution in [-0.2, 0) is 14.4 Å². The molecule has 0 saturated heterocycles. The summed E-state index contributed by atoms with van der Waals surface area (Å²) in [5, 5.41) is 33.0. The maximum Gasteiger partial charge on any atom is 0.362 e. The minimum Gasteiger partial charge on any atom is -0.544 e. The highest BCUT2D eigenvalue weighted by Crippen LogP contribution is 2.34. The molecule has 0 spiro atoms. The van der Waals surface area contributed by atoms with Crippen LogP contribution in [0.3, 0.4) is 0 Å². The largest absolute Gasteiger partial charge is 0.544 e. The lowest BCUT2D eigenvalue weighted by Gasteiger charge is -2.52. The van der Waals surface area contributed by atoms with E-state index in [-0.39, 0.29) is 25.8 Å². The summed E-state index contributed by atoms with van der Waals surface area (Å²) < 4.78 is -0.443. The predicted octanol–water partition coefficient (Wildman–Crippen LogP) is 8.05. The number of carbonyl (C=O) groups excluding carboxylic acids is 1. The van der Waals surface area contributed by atoms with Crippen molar-refractivity contribution in [2.45, 2.75) is 187 Å². The number of hydrogen-bond donors (Lipinski definition) is 2. The first-order valence-electron chi connectivity index (χ1n) is 17.4. The standard InChI is InChI=1S/C35H65NO6/c1-5-9-10-11-12-13-14-15-16-17-18-19-20-21-22-23-24-25-29-36(30(26-6-2)33(37)38,31(27-7-3)34(39)40)32(28-8-4)35(41)42/h19-20,30-32H,5-18,21-29H2,1-4H3,(H2-,37,38,39,40,41,42)/b20-19+. The van der Waals surface area contributed by atoms with Gasteiger partial charge in [-0.25, -0.2) is 9.59 Å². The van der Waals surface area contributed by atoms with Gasteiger partial charge in [-0.05, 0) is 51.4 Å². The van der Waals surface area contributed by atoms with Crippen molar-refractivity contribution in [3.05, 3.63) is 12.2 Å². The molecule has 0 rings (SSSR count). The minimum atomic E-state index is -1.34. The fraction of sp³-hybridized carbons (Fsp3) is 0.857. The normalized spacial score (nSPS) is 15.3. The zero-order valence-electron chi connectivity index (χ0n) is 27.6. The van der Waals surface area contributed by atoms with Crippen LogP contribution < -0.4 is 5.11 Å². The van der Waals surface area contributed by atoms with Gasteiger partial charge >= 0.3 is 11.9 Å². The fourth-order valence-corrected chi connectivity index (χ4v) is 6.62. The van der Waals surface area contributed by atoms with Crippen LogP contribution in [0.4, 0.5) is 0 Å². The van der Waals surface area contributed by atoms with Gasteiger partial charge in [0.1, 0.15) is 6.04 Å². The average Bonchev–Trinajstić information content (AvgIpc) is 2.95. The molecule has 3 unspecified atom stereocenters. The first-order valence-corrected chi connectivity index (χ1v) is 17.4. The molecule has 0 aromatic rings. The minimum absolute atomic E-state index is 0.202. The molecule has 0 radical (unpaired) electrons. The Morgan fingerprint density at radius 3 is 1.26 bits per heavy atom. The van der Waals surface area contributed by atoms with E-state index in [4.69, 9.17) is 0 Å². The molecular formula is C35H65NO6. The molecule has 7 nitrogen and oxygen atoms in total. The number of aliphatic carboxylic acids is 3. The van der Waals surface area contributed by atoms with Gasteiger partial charge in [0, 0.05) is 19.3 Å². The third kappa shape index (κ3) is 15.5. The first-order chi connectivity index (χ1) is 20.2. The molecule has 42 heavy (non-hydrogen) atoms. The molecule has 3 atom stereocenters. The number of nitrogens with zero attached hydrogens (tertiary/aromatic N) is 1. The molecule has 0 heterocycles. The van der Waals surface area contributed by atoms with Gasteiger partial charge in [0.25, 0.3) is 0 Å². The van der Waals surface area contributed by atoms with Crippen molar-refractivity contribution in [3.8, 4) is 0 Å². The molecule has 0 aliphatic carbocycles. The summed E-state index contributed by atoms with van der Waals surface area (Å²) in [5.74, 6) is -3.57. The Balaban J connectivity index is 4.97. The van der Waals surface area contributed by atoms with Gasteiger partial charge in [-0.2, -0.15) is 0 Å². The van der Waals surface area contributed by atoms with E-state index >= 15 is 0 Å². The molecule has 2 N–H and O–H groups in total. The van der Waals surface area contributed by atoms with Crippen molar-refractivity contribution in [2.75, 3.05) is 6.54 Å². The number of carboxylic acids is 3. The van der Waals surface area contributed by atoms with Gasteiger partial charge in [-0.1, -0.05) is 110 Å². The first kappa shape index (κ1) is 40.1. The number of allylic oxidation sites excluding steroid dienone is 2. The van der Waals surface area contributed by atoms with Crippen molar-refractivity contribution in [1.82, 2.24) is 0 Å². The lowest BCUT2D eigenvalue weighted by atomic mass is 9.91. The van der Waals surface area contributed by atoms with E-state index in [0.29, 0.717) is 25.7 Å². The van der Waals surface area contributed by atoms with Crippen LogP contribution in [0.15, 0.2) is 12.2 Å². The van der Waals surface area contributed by atoms with Crippen molar-refractivity contribution in [1.29, 1.82) is 0 Å². The zero-order valence-corrected chi connectivity index (χ0v) is 27.6. The molecule has 0 aromatic carbocycles.